The van der Waals surface area contributed by atoms with E-state index in [1.165, 1.54) is 18.9 Å². The molecule has 0 bridgehead atoms. The first-order valence-corrected chi connectivity index (χ1v) is 6.30. The molecule has 1 N–H and O–H groups in total. The monoisotopic (exact) mass is 237 g/mol. The highest BCUT2D eigenvalue weighted by Gasteiger charge is 2.23. The predicted octanol–water partition coefficient (Wildman–Crippen LogP) is 3.26. The second-order valence-corrected chi connectivity index (χ2v) is 4.90. The lowest BCUT2D eigenvalue weighted by Crippen LogP contribution is -2.30. The zero-order chi connectivity index (χ0) is 12.4. The van der Waals surface area contributed by atoms with Gasteiger partial charge in [0.15, 0.2) is 0 Å². The fourth-order valence-corrected chi connectivity index (χ4v) is 2.74. The van der Waals surface area contributed by atoms with Crippen molar-refractivity contribution in [2.45, 2.75) is 44.8 Å². The Labute approximate surface area is 102 Å². The highest BCUT2D eigenvalue weighted by molar-refractivity contribution is 5.55. The average Bonchev–Trinajstić information content (AvgIpc) is 2.80. The molecule has 1 aromatic rings. The first kappa shape index (κ1) is 12.4. The Balaban J connectivity index is 2.33. The molecular formula is C14H20FNO. The molecule has 0 radical (unpaired) electrons. The van der Waals surface area contributed by atoms with Gasteiger partial charge in [-0.15, -0.1) is 0 Å². The van der Waals surface area contributed by atoms with Gasteiger partial charge < -0.3 is 10.0 Å². The lowest BCUT2D eigenvalue weighted by atomic mass is 10.0. The van der Waals surface area contributed by atoms with Crippen LogP contribution in [-0.2, 0) is 0 Å². The largest absolute Gasteiger partial charge is 0.389 e. The van der Waals surface area contributed by atoms with E-state index in [4.69, 9.17) is 0 Å². The molecule has 17 heavy (non-hydrogen) atoms. The third-order valence-corrected chi connectivity index (χ3v) is 3.70. The molecule has 2 nitrogen and oxygen atoms in total. The van der Waals surface area contributed by atoms with Crippen LogP contribution >= 0.6 is 0 Å². The summed E-state index contributed by atoms with van der Waals surface area (Å²) in [6.07, 6.45) is 4.04. The van der Waals surface area contributed by atoms with Crippen LogP contribution in [0.2, 0.25) is 0 Å². The zero-order valence-electron chi connectivity index (χ0n) is 10.5. The quantitative estimate of drug-likeness (QED) is 0.872. The summed E-state index contributed by atoms with van der Waals surface area (Å²) in [7, 11) is 2.00. The van der Waals surface area contributed by atoms with Gasteiger partial charge in [-0.2, -0.15) is 0 Å². The van der Waals surface area contributed by atoms with Crippen molar-refractivity contribution < 1.29 is 9.50 Å². The van der Waals surface area contributed by atoms with Crippen molar-refractivity contribution >= 4 is 5.69 Å². The number of hydrogen-bond donors (Lipinski definition) is 1. The molecule has 2 rings (SSSR count). The van der Waals surface area contributed by atoms with Crippen molar-refractivity contribution in [1.29, 1.82) is 0 Å². The van der Waals surface area contributed by atoms with Crippen molar-refractivity contribution in [3.8, 4) is 0 Å². The van der Waals surface area contributed by atoms with E-state index in [9.17, 15) is 9.50 Å². The van der Waals surface area contributed by atoms with Gasteiger partial charge in [-0.1, -0.05) is 18.9 Å². The van der Waals surface area contributed by atoms with Crippen LogP contribution in [0.4, 0.5) is 10.1 Å². The summed E-state index contributed by atoms with van der Waals surface area (Å²) in [6, 6.07) is 5.49. The van der Waals surface area contributed by atoms with Crippen LogP contribution in [0, 0.1) is 5.82 Å². The van der Waals surface area contributed by atoms with Gasteiger partial charge in [0.2, 0.25) is 0 Å². The molecule has 0 heterocycles. The van der Waals surface area contributed by atoms with Crippen LogP contribution in [0.5, 0.6) is 0 Å². The zero-order valence-corrected chi connectivity index (χ0v) is 10.5. The molecule has 94 valence electrons. The van der Waals surface area contributed by atoms with Gasteiger partial charge in [0.1, 0.15) is 5.82 Å². The normalized spacial score (nSPS) is 18.4. The highest BCUT2D eigenvalue weighted by Crippen LogP contribution is 2.33. The molecule has 1 saturated carbocycles. The predicted molar refractivity (Wildman–Crippen MR) is 67.7 cm³/mol. The van der Waals surface area contributed by atoms with Gasteiger partial charge in [-0.25, -0.2) is 4.39 Å². The maximum absolute atomic E-state index is 13.8. The summed E-state index contributed by atoms with van der Waals surface area (Å²) in [6.45, 7) is 1.62. The molecule has 3 heteroatoms. The summed E-state index contributed by atoms with van der Waals surface area (Å²) >= 11 is 0. The lowest BCUT2D eigenvalue weighted by molar-refractivity contribution is 0.194. The molecule has 0 unspecified atom stereocenters. The van der Waals surface area contributed by atoms with Gasteiger partial charge >= 0.3 is 0 Å². The molecule has 1 atom stereocenters. The van der Waals surface area contributed by atoms with Crippen LogP contribution in [-0.4, -0.2) is 18.2 Å². The lowest BCUT2D eigenvalue weighted by Gasteiger charge is -2.29. The molecule has 0 aromatic heterocycles. The molecule has 1 aromatic carbocycles. The number of aliphatic hydroxyl groups is 1. The summed E-state index contributed by atoms with van der Waals surface area (Å²) in [5.74, 6) is -0.317. The van der Waals surface area contributed by atoms with Crippen LogP contribution in [0.15, 0.2) is 18.2 Å². The minimum Gasteiger partial charge on any atom is -0.389 e. The smallest absolute Gasteiger partial charge is 0.131 e. The second-order valence-electron chi connectivity index (χ2n) is 4.90. The van der Waals surface area contributed by atoms with Crippen molar-refractivity contribution in [3.05, 3.63) is 29.6 Å². The van der Waals surface area contributed by atoms with Crippen LogP contribution in [0.1, 0.15) is 44.3 Å². The van der Waals surface area contributed by atoms with Gasteiger partial charge in [0, 0.05) is 24.3 Å². The molecule has 1 fully saturated rings. The summed E-state index contributed by atoms with van der Waals surface area (Å²) in [5, 5.41) is 9.71. The Morgan fingerprint density at radius 2 is 2.00 bits per heavy atom. The van der Waals surface area contributed by atoms with Gasteiger partial charge in [-0.05, 0) is 31.9 Å². The minimum absolute atomic E-state index is 0.317. The molecular weight excluding hydrogens is 217 g/mol. The number of nitrogens with zero attached hydrogens (tertiary/aromatic N) is 1. The summed E-state index contributed by atoms with van der Waals surface area (Å²) < 4.78 is 13.8. The Hall–Kier alpha value is -1.09. The Kier molecular flexibility index (Phi) is 3.67. The molecule has 0 amide bonds. The summed E-state index contributed by atoms with van der Waals surface area (Å²) in [5.41, 5.74) is 1.24. The topological polar surface area (TPSA) is 23.5 Å². The van der Waals surface area contributed by atoms with Crippen LogP contribution in [0.3, 0.4) is 0 Å². The third kappa shape index (κ3) is 2.44. The van der Waals surface area contributed by atoms with E-state index >= 15 is 0 Å². The third-order valence-electron chi connectivity index (χ3n) is 3.70. The van der Waals surface area contributed by atoms with E-state index in [1.807, 2.05) is 13.1 Å². The average molecular weight is 237 g/mol. The number of aliphatic hydroxyl groups excluding tert-OH is 1. The number of halogens is 1. The molecule has 1 aliphatic carbocycles. The van der Waals surface area contributed by atoms with E-state index in [2.05, 4.69) is 4.90 Å². The first-order valence-electron chi connectivity index (χ1n) is 6.30. The number of anilines is 1. The van der Waals surface area contributed by atoms with Crippen LogP contribution < -0.4 is 4.90 Å². The fourth-order valence-electron chi connectivity index (χ4n) is 2.74. The summed E-state index contributed by atoms with van der Waals surface area (Å²) in [4.78, 5) is 2.12. The molecule has 0 spiro atoms. The second kappa shape index (κ2) is 5.05. The minimum atomic E-state index is -0.768. The van der Waals surface area contributed by atoms with Crippen molar-refractivity contribution in [1.82, 2.24) is 0 Å². The van der Waals surface area contributed by atoms with E-state index in [0.29, 0.717) is 11.6 Å². The van der Waals surface area contributed by atoms with E-state index in [0.717, 1.165) is 18.5 Å². The Morgan fingerprint density at radius 1 is 1.35 bits per heavy atom. The van der Waals surface area contributed by atoms with Crippen molar-refractivity contribution in [2.24, 2.45) is 0 Å². The Bertz CT molecular complexity index is 386. The standard InChI is InChI=1S/C14H20FNO/c1-10(17)14-12(15)8-5-9-13(14)16(2)11-6-3-4-7-11/h5,8-11,17H,3-4,6-7H2,1-2H3/t10-/m0/s1. The number of hydrogen-bond acceptors (Lipinski definition) is 2. The number of benzene rings is 1. The van der Waals surface area contributed by atoms with E-state index in [-0.39, 0.29) is 5.82 Å². The fraction of sp³-hybridized carbons (Fsp3) is 0.571. The van der Waals surface area contributed by atoms with Crippen molar-refractivity contribution in [3.63, 3.8) is 0 Å². The molecule has 0 aliphatic heterocycles. The maximum atomic E-state index is 13.8. The van der Waals surface area contributed by atoms with Gasteiger partial charge in [0.25, 0.3) is 0 Å². The SMILES string of the molecule is C[C@H](O)c1c(F)cccc1N(C)C1CCCC1. The van der Waals surface area contributed by atoms with Crippen molar-refractivity contribution in [2.75, 3.05) is 11.9 Å². The first-order chi connectivity index (χ1) is 8.11. The van der Waals surface area contributed by atoms with E-state index in [1.54, 1.807) is 13.0 Å². The van der Waals surface area contributed by atoms with E-state index < -0.39 is 6.10 Å². The van der Waals surface area contributed by atoms with Gasteiger partial charge in [0.05, 0.1) is 6.10 Å². The van der Waals surface area contributed by atoms with Crippen LogP contribution in [0.25, 0.3) is 0 Å². The molecule has 0 saturated heterocycles. The maximum Gasteiger partial charge on any atom is 0.131 e. The molecule has 1 aliphatic rings. The Morgan fingerprint density at radius 3 is 2.59 bits per heavy atom. The van der Waals surface area contributed by atoms with Gasteiger partial charge in [-0.3, -0.25) is 0 Å². The highest BCUT2D eigenvalue weighted by atomic mass is 19.1. The number of rotatable bonds is 3.